The average molecular weight is 438 g/mol. The highest BCUT2D eigenvalue weighted by Crippen LogP contribution is 2.28. The molecule has 3 aromatic rings. The van der Waals surface area contributed by atoms with Crippen LogP contribution in [0.1, 0.15) is 45.2 Å². The molecular formula is C26H28ClNO3. The number of hydrogen-bond acceptors (Lipinski definition) is 4. The fourth-order valence-electron chi connectivity index (χ4n) is 3.12. The molecule has 162 valence electrons. The summed E-state index contributed by atoms with van der Waals surface area (Å²) in [7, 11) is 0. The van der Waals surface area contributed by atoms with Crippen molar-refractivity contribution in [1.82, 2.24) is 0 Å². The first-order chi connectivity index (χ1) is 14.8. The van der Waals surface area contributed by atoms with Crippen LogP contribution in [-0.4, -0.2) is 11.6 Å². The molecule has 31 heavy (non-hydrogen) atoms. The van der Waals surface area contributed by atoms with Crippen molar-refractivity contribution >= 4 is 23.3 Å². The lowest BCUT2D eigenvalue weighted by Gasteiger charge is -2.23. The fraction of sp³-hybridized carbons (Fsp3) is 0.269. The number of carbonyl (C=O) groups is 1. The maximum atomic E-state index is 12.2. The Morgan fingerprint density at radius 2 is 1.48 bits per heavy atom. The molecule has 3 aromatic carbocycles. The number of ether oxygens (including phenoxy) is 2. The van der Waals surface area contributed by atoms with Crippen molar-refractivity contribution < 1.29 is 14.3 Å². The van der Waals surface area contributed by atoms with Crippen LogP contribution in [-0.2, 0) is 9.53 Å². The Hall–Kier alpha value is -2.98. The molecule has 3 rings (SSSR count). The van der Waals surface area contributed by atoms with E-state index in [-0.39, 0.29) is 12.0 Å². The first-order valence-electron chi connectivity index (χ1n) is 10.4. The lowest BCUT2D eigenvalue weighted by Crippen LogP contribution is -2.24. The summed E-state index contributed by atoms with van der Waals surface area (Å²) in [6.07, 6.45) is 0.962. The van der Waals surface area contributed by atoms with Gasteiger partial charge in [-0.3, -0.25) is 4.79 Å². The predicted molar refractivity (Wildman–Crippen MR) is 126 cm³/mol. The van der Waals surface area contributed by atoms with Gasteiger partial charge in [0.15, 0.2) is 0 Å². The zero-order chi connectivity index (χ0) is 22.3. The van der Waals surface area contributed by atoms with Gasteiger partial charge in [0, 0.05) is 17.1 Å². The van der Waals surface area contributed by atoms with Gasteiger partial charge >= 0.3 is 5.97 Å². The molecule has 0 bridgehead atoms. The Morgan fingerprint density at radius 3 is 2.06 bits per heavy atom. The van der Waals surface area contributed by atoms with Crippen LogP contribution in [0, 0.1) is 0 Å². The third-order valence-electron chi connectivity index (χ3n) is 4.50. The van der Waals surface area contributed by atoms with E-state index < -0.39 is 5.60 Å². The number of nitrogens with one attached hydrogen (secondary N) is 1. The quantitative estimate of drug-likeness (QED) is 0.373. The molecule has 0 aliphatic rings. The molecule has 0 radical (unpaired) electrons. The maximum Gasteiger partial charge on any atom is 0.306 e. The molecule has 0 amide bonds. The highest BCUT2D eigenvalue weighted by molar-refractivity contribution is 6.30. The predicted octanol–water partition coefficient (Wildman–Crippen LogP) is 7.41. The summed E-state index contributed by atoms with van der Waals surface area (Å²) in [5.41, 5.74) is 1.58. The average Bonchev–Trinajstić information content (AvgIpc) is 2.73. The Morgan fingerprint density at radius 1 is 0.903 bits per heavy atom. The number of carbonyl (C=O) groups excluding carboxylic acids is 1. The van der Waals surface area contributed by atoms with Gasteiger partial charge in [0.2, 0.25) is 0 Å². The molecule has 0 saturated heterocycles. The molecule has 0 spiro atoms. The van der Waals surface area contributed by atoms with Gasteiger partial charge in [0.05, 0.1) is 6.04 Å². The standard InChI is InChI=1S/C26H28ClNO3/c1-26(2,3)31-25(29)18-17-24(19-7-5-4-6-8-19)28-21-11-15-23(16-12-21)30-22-13-9-20(27)10-14-22/h4-16,24,28H,17-18H2,1-3H3. The number of halogens is 1. The Labute approximate surface area is 189 Å². The second-order valence-electron chi connectivity index (χ2n) is 8.31. The number of rotatable bonds is 8. The molecule has 0 saturated carbocycles. The largest absolute Gasteiger partial charge is 0.460 e. The van der Waals surface area contributed by atoms with Crippen molar-refractivity contribution in [2.75, 3.05) is 5.32 Å². The first-order valence-corrected chi connectivity index (χ1v) is 10.7. The summed E-state index contributed by atoms with van der Waals surface area (Å²) in [6.45, 7) is 5.64. The van der Waals surface area contributed by atoms with E-state index in [1.54, 1.807) is 12.1 Å². The summed E-state index contributed by atoms with van der Waals surface area (Å²) in [6, 6.07) is 25.1. The van der Waals surface area contributed by atoms with E-state index in [2.05, 4.69) is 17.4 Å². The molecule has 0 aromatic heterocycles. The van der Waals surface area contributed by atoms with Crippen molar-refractivity contribution in [3.05, 3.63) is 89.4 Å². The highest BCUT2D eigenvalue weighted by atomic mass is 35.5. The minimum atomic E-state index is -0.479. The van der Waals surface area contributed by atoms with Crippen LogP contribution in [0.5, 0.6) is 11.5 Å². The maximum absolute atomic E-state index is 12.2. The third-order valence-corrected chi connectivity index (χ3v) is 4.76. The minimum Gasteiger partial charge on any atom is -0.460 e. The number of hydrogen-bond donors (Lipinski definition) is 1. The van der Waals surface area contributed by atoms with E-state index in [0.717, 1.165) is 22.7 Å². The van der Waals surface area contributed by atoms with Crippen molar-refractivity contribution in [1.29, 1.82) is 0 Å². The van der Waals surface area contributed by atoms with Crippen LogP contribution in [0.15, 0.2) is 78.9 Å². The van der Waals surface area contributed by atoms with Crippen molar-refractivity contribution in [3.8, 4) is 11.5 Å². The van der Waals surface area contributed by atoms with Gasteiger partial charge in [-0.05, 0) is 81.3 Å². The third kappa shape index (κ3) is 7.65. The molecule has 1 N–H and O–H groups in total. The minimum absolute atomic E-state index is 0.0169. The first kappa shape index (κ1) is 22.7. The summed E-state index contributed by atoms with van der Waals surface area (Å²) in [4.78, 5) is 12.2. The summed E-state index contributed by atoms with van der Waals surface area (Å²) < 4.78 is 11.3. The van der Waals surface area contributed by atoms with Gasteiger partial charge in [-0.1, -0.05) is 41.9 Å². The Balaban J connectivity index is 1.66. The molecule has 0 aliphatic carbocycles. The molecule has 1 atom stereocenters. The van der Waals surface area contributed by atoms with Gasteiger partial charge in [-0.15, -0.1) is 0 Å². The summed E-state index contributed by atoms with van der Waals surface area (Å²) >= 11 is 5.92. The van der Waals surface area contributed by atoms with Crippen LogP contribution in [0.25, 0.3) is 0 Å². The topological polar surface area (TPSA) is 47.6 Å². The molecular weight excluding hydrogens is 410 g/mol. The number of esters is 1. The highest BCUT2D eigenvalue weighted by Gasteiger charge is 2.19. The lowest BCUT2D eigenvalue weighted by molar-refractivity contribution is -0.154. The second kappa shape index (κ2) is 10.4. The van der Waals surface area contributed by atoms with E-state index >= 15 is 0 Å². The van der Waals surface area contributed by atoms with Crippen LogP contribution >= 0.6 is 11.6 Å². The van der Waals surface area contributed by atoms with Crippen LogP contribution in [0.2, 0.25) is 5.02 Å². The smallest absolute Gasteiger partial charge is 0.306 e. The Bertz CT molecular complexity index is 964. The SMILES string of the molecule is CC(C)(C)OC(=O)CCC(Nc1ccc(Oc2ccc(Cl)cc2)cc1)c1ccccc1. The van der Waals surface area contributed by atoms with E-state index in [1.165, 1.54) is 0 Å². The van der Waals surface area contributed by atoms with E-state index in [0.29, 0.717) is 17.9 Å². The molecule has 0 fully saturated rings. The van der Waals surface area contributed by atoms with E-state index in [9.17, 15) is 4.79 Å². The number of anilines is 1. The van der Waals surface area contributed by atoms with E-state index in [4.69, 9.17) is 21.1 Å². The van der Waals surface area contributed by atoms with Gasteiger partial charge in [0.25, 0.3) is 0 Å². The van der Waals surface area contributed by atoms with Crippen molar-refractivity contribution in [2.24, 2.45) is 0 Å². The lowest BCUT2D eigenvalue weighted by atomic mass is 10.0. The number of benzene rings is 3. The Kier molecular flexibility index (Phi) is 7.59. The van der Waals surface area contributed by atoms with Crippen LogP contribution in [0.3, 0.4) is 0 Å². The van der Waals surface area contributed by atoms with Gasteiger partial charge in [-0.25, -0.2) is 0 Å². The molecule has 5 heteroatoms. The van der Waals surface area contributed by atoms with Gasteiger partial charge in [0.1, 0.15) is 17.1 Å². The normalized spacial score (nSPS) is 12.1. The van der Waals surface area contributed by atoms with Gasteiger partial charge in [-0.2, -0.15) is 0 Å². The zero-order valence-corrected chi connectivity index (χ0v) is 18.9. The van der Waals surface area contributed by atoms with Crippen LogP contribution < -0.4 is 10.1 Å². The summed E-state index contributed by atoms with van der Waals surface area (Å²) in [5, 5.41) is 4.20. The monoisotopic (exact) mass is 437 g/mol. The van der Waals surface area contributed by atoms with Crippen molar-refractivity contribution in [3.63, 3.8) is 0 Å². The molecule has 0 heterocycles. The molecule has 4 nitrogen and oxygen atoms in total. The van der Waals surface area contributed by atoms with Crippen molar-refractivity contribution in [2.45, 2.75) is 45.3 Å². The van der Waals surface area contributed by atoms with Gasteiger partial charge < -0.3 is 14.8 Å². The zero-order valence-electron chi connectivity index (χ0n) is 18.1. The fourth-order valence-corrected chi connectivity index (χ4v) is 3.25. The second-order valence-corrected chi connectivity index (χ2v) is 8.75. The summed E-state index contributed by atoms with van der Waals surface area (Å²) in [5.74, 6) is 1.27. The molecule has 1 unspecified atom stereocenters. The molecule has 0 aliphatic heterocycles. The van der Waals surface area contributed by atoms with E-state index in [1.807, 2.05) is 75.4 Å². The van der Waals surface area contributed by atoms with Crippen LogP contribution in [0.4, 0.5) is 5.69 Å².